The molecule has 0 aliphatic carbocycles. The number of rotatable bonds is 6. The first-order valence-electron chi connectivity index (χ1n) is 6.73. The van der Waals surface area contributed by atoms with Gasteiger partial charge in [0.05, 0.1) is 6.04 Å². The highest BCUT2D eigenvalue weighted by molar-refractivity contribution is 5.77. The Morgan fingerprint density at radius 1 is 0.850 bits per heavy atom. The van der Waals surface area contributed by atoms with Crippen molar-refractivity contribution in [1.29, 1.82) is 0 Å². The standard InChI is InChI=1S/C17H21NO2/c1-13(17(19-2)20-3)18-16-12-8-7-11-15(16)14-9-5-4-6-10-14/h4-13,17-18H,1-3H3. The molecule has 3 heteroatoms. The van der Waals surface area contributed by atoms with Gasteiger partial charge in [-0.1, -0.05) is 48.5 Å². The Hall–Kier alpha value is -1.84. The number of hydrogen-bond donors (Lipinski definition) is 1. The maximum absolute atomic E-state index is 5.29. The summed E-state index contributed by atoms with van der Waals surface area (Å²) >= 11 is 0. The molecule has 0 fully saturated rings. The summed E-state index contributed by atoms with van der Waals surface area (Å²) in [6.45, 7) is 2.04. The van der Waals surface area contributed by atoms with Gasteiger partial charge in [0.25, 0.3) is 0 Å². The number of nitrogens with one attached hydrogen (secondary N) is 1. The molecule has 0 aliphatic rings. The lowest BCUT2D eigenvalue weighted by atomic mass is 10.0. The van der Waals surface area contributed by atoms with Crippen molar-refractivity contribution < 1.29 is 9.47 Å². The van der Waals surface area contributed by atoms with Gasteiger partial charge in [0.1, 0.15) is 0 Å². The number of anilines is 1. The summed E-state index contributed by atoms with van der Waals surface area (Å²) in [4.78, 5) is 0. The zero-order valence-corrected chi connectivity index (χ0v) is 12.2. The van der Waals surface area contributed by atoms with Crippen molar-refractivity contribution >= 4 is 5.69 Å². The third-order valence-electron chi connectivity index (χ3n) is 3.27. The third kappa shape index (κ3) is 3.38. The van der Waals surface area contributed by atoms with Crippen molar-refractivity contribution in [3.05, 3.63) is 54.6 Å². The molecule has 3 nitrogen and oxygen atoms in total. The van der Waals surface area contributed by atoms with E-state index in [1.807, 2.05) is 37.3 Å². The van der Waals surface area contributed by atoms with Gasteiger partial charge in [-0.25, -0.2) is 0 Å². The molecule has 20 heavy (non-hydrogen) atoms. The Balaban J connectivity index is 2.25. The summed E-state index contributed by atoms with van der Waals surface area (Å²) in [5.41, 5.74) is 3.44. The van der Waals surface area contributed by atoms with Crippen molar-refractivity contribution in [2.24, 2.45) is 0 Å². The van der Waals surface area contributed by atoms with Gasteiger partial charge in [-0.2, -0.15) is 0 Å². The van der Waals surface area contributed by atoms with Crippen LogP contribution in [0.4, 0.5) is 5.69 Å². The van der Waals surface area contributed by atoms with E-state index in [1.165, 1.54) is 11.1 Å². The van der Waals surface area contributed by atoms with Crippen LogP contribution in [0.2, 0.25) is 0 Å². The van der Waals surface area contributed by atoms with Gasteiger partial charge in [0.2, 0.25) is 0 Å². The second-order valence-electron chi connectivity index (χ2n) is 4.68. The number of para-hydroxylation sites is 1. The Kier molecular flexibility index (Phi) is 5.16. The van der Waals surface area contributed by atoms with Crippen LogP contribution in [0.25, 0.3) is 11.1 Å². The molecule has 0 saturated carbocycles. The van der Waals surface area contributed by atoms with Crippen molar-refractivity contribution in [3.63, 3.8) is 0 Å². The average Bonchev–Trinajstić information content (AvgIpc) is 2.50. The summed E-state index contributed by atoms with van der Waals surface area (Å²) in [6, 6.07) is 18.6. The molecule has 2 aromatic carbocycles. The summed E-state index contributed by atoms with van der Waals surface area (Å²) in [7, 11) is 3.30. The average molecular weight is 271 g/mol. The van der Waals surface area contributed by atoms with E-state index < -0.39 is 0 Å². The molecular weight excluding hydrogens is 250 g/mol. The van der Waals surface area contributed by atoms with Crippen LogP contribution in [-0.4, -0.2) is 26.6 Å². The van der Waals surface area contributed by atoms with Crippen LogP contribution in [0.5, 0.6) is 0 Å². The lowest BCUT2D eigenvalue weighted by Gasteiger charge is -2.24. The minimum absolute atomic E-state index is 0.0508. The quantitative estimate of drug-likeness (QED) is 0.811. The van der Waals surface area contributed by atoms with E-state index in [2.05, 4.69) is 29.6 Å². The lowest BCUT2D eigenvalue weighted by molar-refractivity contribution is -0.109. The predicted molar refractivity (Wildman–Crippen MR) is 82.8 cm³/mol. The number of methoxy groups -OCH3 is 2. The van der Waals surface area contributed by atoms with E-state index in [0.717, 1.165) is 5.69 Å². The van der Waals surface area contributed by atoms with Gasteiger partial charge < -0.3 is 14.8 Å². The first-order valence-corrected chi connectivity index (χ1v) is 6.73. The van der Waals surface area contributed by atoms with Gasteiger partial charge in [0.15, 0.2) is 6.29 Å². The summed E-state index contributed by atoms with van der Waals surface area (Å²) in [5, 5.41) is 3.46. The Morgan fingerprint density at radius 3 is 2.10 bits per heavy atom. The molecule has 1 unspecified atom stereocenters. The fourth-order valence-electron chi connectivity index (χ4n) is 2.30. The molecule has 0 aromatic heterocycles. The maximum atomic E-state index is 5.29. The van der Waals surface area contributed by atoms with E-state index in [9.17, 15) is 0 Å². The van der Waals surface area contributed by atoms with E-state index in [-0.39, 0.29) is 12.3 Å². The van der Waals surface area contributed by atoms with Crippen molar-refractivity contribution in [2.45, 2.75) is 19.3 Å². The van der Waals surface area contributed by atoms with Crippen LogP contribution in [0.1, 0.15) is 6.92 Å². The van der Waals surface area contributed by atoms with Crippen LogP contribution in [-0.2, 0) is 9.47 Å². The number of benzene rings is 2. The van der Waals surface area contributed by atoms with E-state index in [0.29, 0.717) is 0 Å². The van der Waals surface area contributed by atoms with Crippen molar-refractivity contribution in [2.75, 3.05) is 19.5 Å². The highest BCUT2D eigenvalue weighted by atomic mass is 16.7. The zero-order chi connectivity index (χ0) is 14.4. The number of ether oxygens (including phenoxy) is 2. The second-order valence-corrected chi connectivity index (χ2v) is 4.68. The van der Waals surface area contributed by atoms with Crippen LogP contribution in [0, 0.1) is 0 Å². The molecule has 0 aliphatic heterocycles. The first-order chi connectivity index (χ1) is 9.76. The van der Waals surface area contributed by atoms with Gasteiger partial charge in [-0.05, 0) is 18.6 Å². The minimum atomic E-state index is -0.279. The molecule has 106 valence electrons. The number of hydrogen-bond acceptors (Lipinski definition) is 3. The summed E-state index contributed by atoms with van der Waals surface area (Å²) in [5.74, 6) is 0. The molecule has 0 heterocycles. The predicted octanol–water partition coefficient (Wildman–Crippen LogP) is 3.77. The molecule has 1 atom stereocenters. The summed E-state index contributed by atoms with van der Waals surface area (Å²) in [6.07, 6.45) is -0.279. The minimum Gasteiger partial charge on any atom is -0.377 e. The van der Waals surface area contributed by atoms with E-state index >= 15 is 0 Å². The Labute approximate surface area is 120 Å². The molecule has 1 N–H and O–H groups in total. The molecule has 0 radical (unpaired) electrons. The van der Waals surface area contributed by atoms with Crippen LogP contribution in [0.15, 0.2) is 54.6 Å². The fourth-order valence-corrected chi connectivity index (χ4v) is 2.30. The normalized spacial score (nSPS) is 12.4. The fraction of sp³-hybridized carbons (Fsp3) is 0.294. The van der Waals surface area contributed by atoms with Crippen LogP contribution < -0.4 is 5.32 Å². The highest BCUT2D eigenvalue weighted by Crippen LogP contribution is 2.28. The smallest absolute Gasteiger partial charge is 0.176 e. The molecule has 0 saturated heterocycles. The first kappa shape index (κ1) is 14.6. The highest BCUT2D eigenvalue weighted by Gasteiger charge is 2.16. The van der Waals surface area contributed by atoms with Crippen molar-refractivity contribution in [1.82, 2.24) is 0 Å². The van der Waals surface area contributed by atoms with E-state index in [1.54, 1.807) is 14.2 Å². The molecule has 2 rings (SSSR count). The molecular formula is C17H21NO2. The Bertz CT molecular complexity index is 524. The van der Waals surface area contributed by atoms with Gasteiger partial charge in [-0.15, -0.1) is 0 Å². The lowest BCUT2D eigenvalue weighted by Crippen LogP contribution is -2.33. The second kappa shape index (κ2) is 7.08. The van der Waals surface area contributed by atoms with Gasteiger partial charge >= 0.3 is 0 Å². The maximum Gasteiger partial charge on any atom is 0.176 e. The monoisotopic (exact) mass is 271 g/mol. The SMILES string of the molecule is COC(OC)C(C)Nc1ccccc1-c1ccccc1. The van der Waals surface area contributed by atoms with Crippen molar-refractivity contribution in [3.8, 4) is 11.1 Å². The Morgan fingerprint density at radius 2 is 1.45 bits per heavy atom. The van der Waals surface area contributed by atoms with Crippen LogP contribution in [0.3, 0.4) is 0 Å². The molecule has 0 bridgehead atoms. The molecule has 0 amide bonds. The van der Waals surface area contributed by atoms with E-state index in [4.69, 9.17) is 9.47 Å². The summed E-state index contributed by atoms with van der Waals surface area (Å²) < 4.78 is 10.6. The molecule has 2 aromatic rings. The van der Waals surface area contributed by atoms with Gasteiger partial charge in [-0.3, -0.25) is 0 Å². The molecule has 0 spiro atoms. The van der Waals surface area contributed by atoms with Gasteiger partial charge in [0, 0.05) is 25.5 Å². The third-order valence-corrected chi connectivity index (χ3v) is 3.27. The largest absolute Gasteiger partial charge is 0.377 e. The van der Waals surface area contributed by atoms with Crippen LogP contribution >= 0.6 is 0 Å². The topological polar surface area (TPSA) is 30.5 Å². The zero-order valence-electron chi connectivity index (χ0n) is 12.2.